The van der Waals surface area contributed by atoms with E-state index < -0.39 is 0 Å². The minimum absolute atomic E-state index is 0.112. The summed E-state index contributed by atoms with van der Waals surface area (Å²) in [6.07, 6.45) is 1.59. The van der Waals surface area contributed by atoms with Crippen molar-refractivity contribution >= 4 is 23.2 Å². The maximum Gasteiger partial charge on any atom is 0.255 e. The first-order valence-corrected chi connectivity index (χ1v) is 8.51. The van der Waals surface area contributed by atoms with Gasteiger partial charge in [-0.05, 0) is 68.8 Å². The van der Waals surface area contributed by atoms with Crippen molar-refractivity contribution < 1.29 is 14.3 Å². The maximum absolute atomic E-state index is 12.4. The zero-order valence-electron chi connectivity index (χ0n) is 14.5. The number of carbonyl (C=O) groups is 2. The van der Waals surface area contributed by atoms with Gasteiger partial charge in [-0.25, -0.2) is 0 Å². The number of nitrogens with zero attached hydrogens (tertiary/aromatic N) is 1. The van der Waals surface area contributed by atoms with Crippen LogP contribution in [0.15, 0.2) is 48.5 Å². The first kappa shape index (κ1) is 17.0. The van der Waals surface area contributed by atoms with Crippen molar-refractivity contribution in [3.63, 3.8) is 0 Å². The molecule has 1 saturated heterocycles. The van der Waals surface area contributed by atoms with Crippen molar-refractivity contribution in [2.24, 2.45) is 0 Å². The molecule has 1 fully saturated rings. The average Bonchev–Trinajstić information content (AvgIpc) is 3.02. The number of hydrogen-bond acceptors (Lipinski definition) is 3. The van der Waals surface area contributed by atoms with Crippen molar-refractivity contribution in [1.82, 2.24) is 0 Å². The van der Waals surface area contributed by atoms with Gasteiger partial charge >= 0.3 is 0 Å². The summed E-state index contributed by atoms with van der Waals surface area (Å²) in [6, 6.07) is 14.4. The molecule has 0 aliphatic carbocycles. The van der Waals surface area contributed by atoms with Crippen LogP contribution in [0.3, 0.4) is 0 Å². The van der Waals surface area contributed by atoms with Gasteiger partial charge in [-0.1, -0.05) is 0 Å². The monoisotopic (exact) mass is 338 g/mol. The van der Waals surface area contributed by atoms with Gasteiger partial charge in [-0.15, -0.1) is 0 Å². The van der Waals surface area contributed by atoms with Crippen molar-refractivity contribution in [2.75, 3.05) is 16.8 Å². The number of hydrogen-bond donors (Lipinski definition) is 1. The molecule has 130 valence electrons. The molecule has 2 amide bonds. The molecule has 1 aliphatic rings. The summed E-state index contributed by atoms with van der Waals surface area (Å²) in [5.41, 5.74) is 2.10. The number of carbonyl (C=O) groups excluding carboxylic acids is 2. The van der Waals surface area contributed by atoms with Crippen LogP contribution in [0.1, 0.15) is 37.0 Å². The maximum atomic E-state index is 12.4. The van der Waals surface area contributed by atoms with Crippen LogP contribution in [-0.4, -0.2) is 24.5 Å². The third-order valence-electron chi connectivity index (χ3n) is 4.00. The third kappa shape index (κ3) is 4.18. The molecule has 25 heavy (non-hydrogen) atoms. The number of anilines is 2. The van der Waals surface area contributed by atoms with Gasteiger partial charge < -0.3 is 15.0 Å². The topological polar surface area (TPSA) is 58.6 Å². The Labute approximate surface area is 147 Å². The third-order valence-corrected chi connectivity index (χ3v) is 4.00. The summed E-state index contributed by atoms with van der Waals surface area (Å²) in [7, 11) is 0. The highest BCUT2D eigenvalue weighted by molar-refractivity contribution is 6.04. The normalized spacial score (nSPS) is 14.0. The Hall–Kier alpha value is -2.82. The lowest BCUT2D eigenvalue weighted by molar-refractivity contribution is -0.117. The summed E-state index contributed by atoms with van der Waals surface area (Å²) < 4.78 is 5.58. The number of ether oxygens (including phenoxy) is 1. The van der Waals surface area contributed by atoms with E-state index in [4.69, 9.17) is 4.74 Å². The largest absolute Gasteiger partial charge is 0.491 e. The Morgan fingerprint density at radius 2 is 1.76 bits per heavy atom. The lowest BCUT2D eigenvalue weighted by Crippen LogP contribution is -2.23. The first-order chi connectivity index (χ1) is 12.0. The molecule has 0 bridgehead atoms. The summed E-state index contributed by atoms with van der Waals surface area (Å²) in [4.78, 5) is 25.9. The highest BCUT2D eigenvalue weighted by Crippen LogP contribution is 2.22. The van der Waals surface area contributed by atoms with Gasteiger partial charge in [0.1, 0.15) is 5.75 Å². The molecule has 1 N–H and O–H groups in total. The van der Waals surface area contributed by atoms with Crippen LogP contribution in [-0.2, 0) is 4.79 Å². The Balaban J connectivity index is 1.64. The molecule has 0 atom stereocenters. The summed E-state index contributed by atoms with van der Waals surface area (Å²) in [5.74, 6) is 0.727. The quantitative estimate of drug-likeness (QED) is 0.901. The molecule has 5 heteroatoms. The van der Waals surface area contributed by atoms with E-state index >= 15 is 0 Å². The average molecular weight is 338 g/mol. The van der Waals surface area contributed by atoms with Crippen LogP contribution in [0.25, 0.3) is 0 Å². The molecule has 0 radical (unpaired) electrons. The fourth-order valence-corrected chi connectivity index (χ4v) is 2.81. The molecule has 2 aromatic carbocycles. The lowest BCUT2D eigenvalue weighted by atomic mass is 10.1. The van der Waals surface area contributed by atoms with E-state index in [2.05, 4.69) is 5.32 Å². The molecule has 1 aliphatic heterocycles. The van der Waals surface area contributed by atoms with Crippen LogP contribution in [0.5, 0.6) is 5.75 Å². The van der Waals surface area contributed by atoms with Crippen LogP contribution >= 0.6 is 0 Å². The minimum atomic E-state index is -0.183. The van der Waals surface area contributed by atoms with Crippen LogP contribution < -0.4 is 15.0 Å². The highest BCUT2D eigenvalue weighted by atomic mass is 16.5. The van der Waals surface area contributed by atoms with E-state index in [0.29, 0.717) is 17.7 Å². The number of benzene rings is 2. The van der Waals surface area contributed by atoms with E-state index in [1.54, 1.807) is 17.0 Å². The van der Waals surface area contributed by atoms with Gasteiger partial charge in [0.05, 0.1) is 6.10 Å². The molecule has 3 rings (SSSR count). The van der Waals surface area contributed by atoms with Crippen LogP contribution in [0.2, 0.25) is 0 Å². The molecule has 5 nitrogen and oxygen atoms in total. The molecule has 1 heterocycles. The molecule has 2 aromatic rings. The number of amides is 2. The minimum Gasteiger partial charge on any atom is -0.491 e. The summed E-state index contributed by atoms with van der Waals surface area (Å²) in [5, 5.41) is 2.86. The molecule has 0 aromatic heterocycles. The van der Waals surface area contributed by atoms with Gasteiger partial charge in [0.25, 0.3) is 5.91 Å². The van der Waals surface area contributed by atoms with Gasteiger partial charge in [-0.3, -0.25) is 9.59 Å². The second-order valence-electron chi connectivity index (χ2n) is 6.34. The Morgan fingerprint density at radius 3 is 2.32 bits per heavy atom. The fraction of sp³-hybridized carbons (Fsp3) is 0.300. The standard InChI is InChI=1S/C20H22N2O3/c1-14(2)25-18-11-7-16(8-12-18)21-20(24)15-5-9-17(10-6-15)22-13-3-4-19(22)23/h5-12,14H,3-4,13H2,1-2H3,(H,21,24). The molecule has 0 saturated carbocycles. The van der Waals surface area contributed by atoms with Crippen molar-refractivity contribution in [2.45, 2.75) is 32.8 Å². The second kappa shape index (κ2) is 7.38. The van der Waals surface area contributed by atoms with Gasteiger partial charge in [-0.2, -0.15) is 0 Å². The molecule has 0 spiro atoms. The highest BCUT2D eigenvalue weighted by Gasteiger charge is 2.21. The molecular weight excluding hydrogens is 316 g/mol. The predicted molar refractivity (Wildman–Crippen MR) is 98.2 cm³/mol. The van der Waals surface area contributed by atoms with Gasteiger partial charge in [0, 0.05) is 29.9 Å². The SMILES string of the molecule is CC(C)Oc1ccc(NC(=O)c2ccc(N3CCCC3=O)cc2)cc1. The van der Waals surface area contributed by atoms with E-state index in [1.807, 2.05) is 50.2 Å². The van der Waals surface area contributed by atoms with E-state index in [9.17, 15) is 9.59 Å². The predicted octanol–water partition coefficient (Wildman–Crippen LogP) is 3.85. The van der Waals surface area contributed by atoms with E-state index in [1.165, 1.54) is 0 Å². The Morgan fingerprint density at radius 1 is 1.08 bits per heavy atom. The van der Waals surface area contributed by atoms with Crippen molar-refractivity contribution in [3.8, 4) is 5.75 Å². The fourth-order valence-electron chi connectivity index (χ4n) is 2.81. The number of nitrogens with one attached hydrogen (secondary N) is 1. The van der Waals surface area contributed by atoms with Crippen LogP contribution in [0, 0.1) is 0 Å². The van der Waals surface area contributed by atoms with Gasteiger partial charge in [0.2, 0.25) is 5.91 Å². The number of rotatable bonds is 5. The lowest BCUT2D eigenvalue weighted by Gasteiger charge is -2.16. The Kier molecular flexibility index (Phi) is 5.03. The summed E-state index contributed by atoms with van der Waals surface area (Å²) in [6.45, 7) is 4.68. The molecule has 0 unspecified atom stereocenters. The smallest absolute Gasteiger partial charge is 0.255 e. The van der Waals surface area contributed by atoms with Crippen molar-refractivity contribution in [3.05, 3.63) is 54.1 Å². The zero-order valence-corrected chi connectivity index (χ0v) is 14.5. The van der Waals surface area contributed by atoms with Crippen molar-refractivity contribution in [1.29, 1.82) is 0 Å². The van der Waals surface area contributed by atoms with Gasteiger partial charge in [0.15, 0.2) is 0 Å². The van der Waals surface area contributed by atoms with Crippen LogP contribution in [0.4, 0.5) is 11.4 Å². The zero-order chi connectivity index (χ0) is 17.8. The van der Waals surface area contributed by atoms with E-state index in [-0.39, 0.29) is 17.9 Å². The van der Waals surface area contributed by atoms with E-state index in [0.717, 1.165) is 24.4 Å². The second-order valence-corrected chi connectivity index (χ2v) is 6.34. The summed E-state index contributed by atoms with van der Waals surface area (Å²) >= 11 is 0. The Bertz CT molecular complexity index is 752. The first-order valence-electron chi connectivity index (χ1n) is 8.51. The molecular formula is C20H22N2O3.